The SMILES string of the molecule is COC(=O)C1=C(C(N)=O)C=C(Nc2ccc(F)cc2)C(CCN)(Nc2ccc(F)cc2)C1. The van der Waals surface area contributed by atoms with E-state index >= 15 is 0 Å². The minimum Gasteiger partial charge on any atom is -0.466 e. The molecule has 0 spiro atoms. The zero-order valence-electron chi connectivity index (χ0n) is 17.5. The number of carbonyl (C=O) groups is 2. The summed E-state index contributed by atoms with van der Waals surface area (Å²) in [5, 5.41) is 6.51. The highest BCUT2D eigenvalue weighted by Crippen LogP contribution is 2.39. The van der Waals surface area contributed by atoms with Gasteiger partial charge >= 0.3 is 5.97 Å². The molecule has 0 heterocycles. The predicted octanol–water partition coefficient (Wildman–Crippen LogP) is 2.82. The lowest BCUT2D eigenvalue weighted by Gasteiger charge is -2.41. The second-order valence-corrected chi connectivity index (χ2v) is 7.37. The first kappa shape index (κ1) is 23.0. The highest BCUT2D eigenvalue weighted by atomic mass is 19.1. The number of hydrogen-bond donors (Lipinski definition) is 4. The van der Waals surface area contributed by atoms with Gasteiger partial charge in [0.15, 0.2) is 0 Å². The first-order valence-electron chi connectivity index (χ1n) is 9.88. The van der Waals surface area contributed by atoms with Crippen LogP contribution in [0.3, 0.4) is 0 Å². The molecule has 1 aliphatic carbocycles. The maximum atomic E-state index is 13.4. The van der Waals surface area contributed by atoms with E-state index in [1.807, 2.05) is 0 Å². The van der Waals surface area contributed by atoms with E-state index in [4.69, 9.17) is 16.2 Å². The molecule has 1 atom stereocenters. The molecule has 9 heteroatoms. The quantitative estimate of drug-likeness (QED) is 0.467. The number of esters is 1. The Hall–Kier alpha value is -3.72. The molecule has 0 saturated heterocycles. The summed E-state index contributed by atoms with van der Waals surface area (Å²) in [5.74, 6) is -2.31. The molecular formula is C23H24F2N4O3. The van der Waals surface area contributed by atoms with Crippen LogP contribution in [-0.2, 0) is 14.3 Å². The summed E-state index contributed by atoms with van der Waals surface area (Å²) in [6, 6.07) is 11.3. The van der Waals surface area contributed by atoms with Gasteiger partial charge in [0.25, 0.3) is 0 Å². The van der Waals surface area contributed by atoms with Crippen molar-refractivity contribution in [2.24, 2.45) is 11.5 Å². The summed E-state index contributed by atoms with van der Waals surface area (Å²) in [7, 11) is 1.21. The summed E-state index contributed by atoms with van der Waals surface area (Å²) in [4.78, 5) is 24.6. The summed E-state index contributed by atoms with van der Waals surface area (Å²) in [6.45, 7) is 0.219. The van der Waals surface area contributed by atoms with Gasteiger partial charge in [-0.3, -0.25) is 4.79 Å². The third-order valence-electron chi connectivity index (χ3n) is 5.23. The van der Waals surface area contributed by atoms with Crippen molar-refractivity contribution in [3.8, 4) is 0 Å². The van der Waals surface area contributed by atoms with Crippen LogP contribution in [0, 0.1) is 11.6 Å². The van der Waals surface area contributed by atoms with E-state index in [9.17, 15) is 18.4 Å². The first-order valence-corrected chi connectivity index (χ1v) is 9.88. The lowest BCUT2D eigenvalue weighted by atomic mass is 9.77. The number of rotatable bonds is 8. The van der Waals surface area contributed by atoms with Gasteiger partial charge in [-0.1, -0.05) is 0 Å². The topological polar surface area (TPSA) is 119 Å². The number of primary amides is 1. The lowest BCUT2D eigenvalue weighted by Crippen LogP contribution is -2.48. The number of anilines is 2. The van der Waals surface area contributed by atoms with Crippen LogP contribution in [0.2, 0.25) is 0 Å². The number of benzene rings is 2. The monoisotopic (exact) mass is 442 g/mol. The Morgan fingerprint density at radius 2 is 1.59 bits per heavy atom. The van der Waals surface area contributed by atoms with Gasteiger partial charge in [0.05, 0.1) is 23.8 Å². The molecule has 0 bridgehead atoms. The summed E-state index contributed by atoms with van der Waals surface area (Å²) in [5.41, 5.74) is 12.2. The lowest BCUT2D eigenvalue weighted by molar-refractivity contribution is -0.136. The number of ether oxygens (including phenoxy) is 1. The van der Waals surface area contributed by atoms with Crippen LogP contribution >= 0.6 is 0 Å². The molecule has 1 amide bonds. The van der Waals surface area contributed by atoms with Gasteiger partial charge in [0, 0.05) is 23.5 Å². The molecule has 6 N–H and O–H groups in total. The van der Waals surface area contributed by atoms with Crippen molar-refractivity contribution < 1.29 is 23.1 Å². The smallest absolute Gasteiger partial charge is 0.334 e. The van der Waals surface area contributed by atoms with Crippen molar-refractivity contribution in [1.82, 2.24) is 0 Å². The first-order chi connectivity index (χ1) is 15.3. The number of amides is 1. The minimum atomic E-state index is -0.997. The van der Waals surface area contributed by atoms with E-state index in [1.165, 1.54) is 49.6 Å². The van der Waals surface area contributed by atoms with Gasteiger partial charge in [0.1, 0.15) is 11.6 Å². The molecule has 0 saturated carbocycles. The van der Waals surface area contributed by atoms with Crippen molar-refractivity contribution in [2.45, 2.75) is 18.4 Å². The maximum absolute atomic E-state index is 13.4. The average molecular weight is 442 g/mol. The molecule has 0 fully saturated rings. The Balaban J connectivity index is 2.14. The Bertz CT molecular complexity index is 1070. The van der Waals surface area contributed by atoms with E-state index in [1.54, 1.807) is 12.1 Å². The molecule has 0 aliphatic heterocycles. The van der Waals surface area contributed by atoms with Gasteiger partial charge in [-0.25, -0.2) is 13.6 Å². The highest BCUT2D eigenvalue weighted by molar-refractivity contribution is 6.05. The van der Waals surface area contributed by atoms with Gasteiger partial charge in [-0.15, -0.1) is 0 Å². The molecule has 0 radical (unpaired) electrons. The molecule has 2 aromatic rings. The molecule has 1 unspecified atom stereocenters. The maximum Gasteiger partial charge on any atom is 0.334 e. The fourth-order valence-electron chi connectivity index (χ4n) is 3.68. The number of carbonyl (C=O) groups excluding carboxylic acids is 2. The van der Waals surface area contributed by atoms with Crippen LogP contribution in [-0.4, -0.2) is 31.1 Å². The van der Waals surface area contributed by atoms with Gasteiger partial charge in [-0.05, 0) is 67.6 Å². The van der Waals surface area contributed by atoms with Crippen LogP contribution in [0.25, 0.3) is 0 Å². The normalized spacial score (nSPS) is 18.1. The highest BCUT2D eigenvalue weighted by Gasteiger charge is 2.41. The van der Waals surface area contributed by atoms with Crippen molar-refractivity contribution >= 4 is 23.3 Å². The third-order valence-corrected chi connectivity index (χ3v) is 5.23. The average Bonchev–Trinajstić information content (AvgIpc) is 2.77. The molecule has 168 valence electrons. The van der Waals surface area contributed by atoms with Crippen molar-refractivity contribution in [1.29, 1.82) is 0 Å². The fraction of sp³-hybridized carbons (Fsp3) is 0.217. The largest absolute Gasteiger partial charge is 0.466 e. The van der Waals surface area contributed by atoms with E-state index in [-0.39, 0.29) is 24.1 Å². The van der Waals surface area contributed by atoms with Crippen LogP contribution < -0.4 is 22.1 Å². The molecule has 1 aliphatic rings. The molecular weight excluding hydrogens is 418 g/mol. The molecule has 32 heavy (non-hydrogen) atoms. The van der Waals surface area contributed by atoms with Crippen molar-refractivity contribution in [2.75, 3.05) is 24.3 Å². The zero-order valence-corrected chi connectivity index (χ0v) is 17.5. The number of nitrogens with two attached hydrogens (primary N) is 2. The van der Waals surface area contributed by atoms with Crippen molar-refractivity contribution in [3.05, 3.63) is 83.1 Å². The van der Waals surface area contributed by atoms with Crippen LogP contribution in [0.4, 0.5) is 20.2 Å². The number of nitrogens with one attached hydrogen (secondary N) is 2. The van der Waals surface area contributed by atoms with Gasteiger partial charge < -0.3 is 26.8 Å². The Kier molecular flexibility index (Phi) is 6.89. The zero-order chi connectivity index (χ0) is 23.3. The second kappa shape index (κ2) is 9.61. The van der Waals surface area contributed by atoms with Crippen molar-refractivity contribution in [3.63, 3.8) is 0 Å². The third kappa shape index (κ3) is 4.94. The Labute approximate surface area is 184 Å². The minimum absolute atomic E-state index is 0.00462. The standard InChI is InChI=1S/C23H24F2N4O3/c1-32-22(31)19-13-23(10-11-26,29-17-8-4-15(25)5-9-17)20(12-18(19)21(27)30)28-16-6-2-14(24)3-7-16/h2-9,12,28-29H,10-11,13,26H2,1H3,(H2,27,30). The molecule has 3 rings (SSSR count). The number of methoxy groups -OCH3 is 1. The van der Waals surface area contributed by atoms with Crippen LogP contribution in [0.1, 0.15) is 12.8 Å². The predicted molar refractivity (Wildman–Crippen MR) is 117 cm³/mol. The summed E-state index contributed by atoms with van der Waals surface area (Å²) in [6.07, 6.45) is 1.82. The van der Waals surface area contributed by atoms with E-state index < -0.39 is 29.0 Å². The van der Waals surface area contributed by atoms with Crippen LogP contribution in [0.5, 0.6) is 0 Å². The fourth-order valence-corrected chi connectivity index (χ4v) is 3.68. The van der Waals surface area contributed by atoms with Gasteiger partial charge in [-0.2, -0.15) is 0 Å². The van der Waals surface area contributed by atoms with Crippen LogP contribution in [0.15, 0.2) is 71.5 Å². The molecule has 7 nitrogen and oxygen atoms in total. The van der Waals surface area contributed by atoms with E-state index in [0.29, 0.717) is 23.5 Å². The van der Waals surface area contributed by atoms with E-state index in [0.717, 1.165) is 0 Å². The second-order valence-electron chi connectivity index (χ2n) is 7.37. The summed E-state index contributed by atoms with van der Waals surface area (Å²) < 4.78 is 31.7. The summed E-state index contributed by atoms with van der Waals surface area (Å²) >= 11 is 0. The van der Waals surface area contributed by atoms with E-state index in [2.05, 4.69) is 10.6 Å². The number of halogens is 2. The Morgan fingerprint density at radius 1 is 1.03 bits per heavy atom. The molecule has 2 aromatic carbocycles. The number of hydrogen-bond acceptors (Lipinski definition) is 6. The van der Waals surface area contributed by atoms with Gasteiger partial charge in [0.2, 0.25) is 5.91 Å². The Morgan fingerprint density at radius 3 is 2.09 bits per heavy atom. The molecule has 0 aromatic heterocycles.